The van der Waals surface area contributed by atoms with E-state index in [0.717, 1.165) is 34.2 Å². The second-order valence-electron chi connectivity index (χ2n) is 8.06. The SMILES string of the molecule is CCOC(=O)c1sc(NC(=O)CSc2nnc(-c3ccccc3)c(-c3ccccc3)n2)c(C(=O)OCC)c1C. The van der Waals surface area contributed by atoms with Crippen molar-refractivity contribution in [2.24, 2.45) is 0 Å². The number of anilines is 1. The molecule has 0 aliphatic rings. The van der Waals surface area contributed by atoms with E-state index >= 15 is 0 Å². The molecule has 1 amide bonds. The Morgan fingerprint density at radius 2 is 1.44 bits per heavy atom. The van der Waals surface area contributed by atoms with E-state index in [1.54, 1.807) is 20.8 Å². The quantitative estimate of drug-likeness (QED) is 0.193. The van der Waals surface area contributed by atoms with Gasteiger partial charge in [0.05, 0.1) is 24.5 Å². The summed E-state index contributed by atoms with van der Waals surface area (Å²) < 4.78 is 10.2. The van der Waals surface area contributed by atoms with Gasteiger partial charge in [-0.2, -0.15) is 0 Å². The van der Waals surface area contributed by atoms with E-state index in [0.29, 0.717) is 22.1 Å². The van der Waals surface area contributed by atoms with Crippen molar-refractivity contribution < 1.29 is 23.9 Å². The van der Waals surface area contributed by atoms with Gasteiger partial charge in [0.15, 0.2) is 0 Å². The Hall–Kier alpha value is -4.09. The fraction of sp³-hybridized carbons (Fsp3) is 0.214. The number of amides is 1. The van der Waals surface area contributed by atoms with Crippen molar-refractivity contribution in [2.75, 3.05) is 24.3 Å². The maximum atomic E-state index is 12.9. The summed E-state index contributed by atoms with van der Waals surface area (Å²) in [5, 5.41) is 11.9. The van der Waals surface area contributed by atoms with Crippen LogP contribution in [0.1, 0.15) is 39.4 Å². The molecule has 0 radical (unpaired) electrons. The average Bonchev–Trinajstić information content (AvgIpc) is 3.28. The molecule has 2 aromatic heterocycles. The van der Waals surface area contributed by atoms with Gasteiger partial charge in [-0.25, -0.2) is 14.6 Å². The van der Waals surface area contributed by atoms with E-state index in [9.17, 15) is 14.4 Å². The Morgan fingerprint density at radius 3 is 2.05 bits per heavy atom. The number of thiophene rings is 1. The molecule has 0 atom stereocenters. The van der Waals surface area contributed by atoms with Gasteiger partial charge in [-0.05, 0) is 26.3 Å². The first kappa shape index (κ1) is 27.9. The smallest absolute Gasteiger partial charge is 0.348 e. The summed E-state index contributed by atoms with van der Waals surface area (Å²) in [7, 11) is 0. The second kappa shape index (κ2) is 13.1. The molecule has 0 spiro atoms. The van der Waals surface area contributed by atoms with Crippen molar-refractivity contribution in [3.8, 4) is 22.5 Å². The Labute approximate surface area is 234 Å². The monoisotopic (exact) mass is 562 g/mol. The van der Waals surface area contributed by atoms with Crippen molar-refractivity contribution in [1.29, 1.82) is 0 Å². The van der Waals surface area contributed by atoms with Crippen LogP contribution in [-0.2, 0) is 14.3 Å². The maximum absolute atomic E-state index is 12.9. The predicted octanol–water partition coefficient (Wildman–Crippen LogP) is 5.66. The number of nitrogens with zero attached hydrogens (tertiary/aromatic N) is 3. The standard InChI is InChI=1S/C28H26N4O5S2/c1-4-36-26(34)21-17(3)24(27(35)37-5-2)39-25(21)29-20(33)16-38-28-30-22(18-12-8-6-9-13-18)23(31-32-28)19-14-10-7-11-15-19/h6-15H,4-5,16H2,1-3H3,(H,29,33). The zero-order valence-electron chi connectivity index (χ0n) is 21.6. The van der Waals surface area contributed by atoms with Gasteiger partial charge in [-0.1, -0.05) is 72.4 Å². The van der Waals surface area contributed by atoms with E-state index < -0.39 is 17.8 Å². The van der Waals surface area contributed by atoms with E-state index in [4.69, 9.17) is 14.5 Å². The van der Waals surface area contributed by atoms with Crippen LogP contribution in [0, 0.1) is 6.92 Å². The molecule has 0 unspecified atom stereocenters. The van der Waals surface area contributed by atoms with Crippen molar-refractivity contribution in [1.82, 2.24) is 15.2 Å². The summed E-state index contributed by atoms with van der Waals surface area (Å²) in [6.45, 7) is 5.34. The lowest BCUT2D eigenvalue weighted by Crippen LogP contribution is -2.16. The third-order valence-electron chi connectivity index (χ3n) is 5.43. The molecule has 0 saturated carbocycles. The molecule has 0 aliphatic heterocycles. The number of thioether (sulfide) groups is 1. The lowest BCUT2D eigenvalue weighted by Gasteiger charge is -2.10. The molecule has 0 fully saturated rings. The molecular weight excluding hydrogens is 536 g/mol. The fourth-order valence-corrected chi connectivity index (χ4v) is 5.39. The molecule has 0 aliphatic carbocycles. The third kappa shape index (κ3) is 6.68. The van der Waals surface area contributed by atoms with Crippen molar-refractivity contribution in [3.05, 3.63) is 76.7 Å². The Morgan fingerprint density at radius 1 is 0.846 bits per heavy atom. The molecule has 39 heavy (non-hydrogen) atoms. The predicted molar refractivity (Wildman–Crippen MR) is 151 cm³/mol. The largest absolute Gasteiger partial charge is 0.462 e. The number of carbonyl (C=O) groups excluding carboxylic acids is 3. The number of aromatic nitrogens is 3. The summed E-state index contributed by atoms with van der Waals surface area (Å²) in [5.74, 6) is -1.64. The third-order valence-corrected chi connectivity index (χ3v) is 7.46. The van der Waals surface area contributed by atoms with Gasteiger partial charge in [0.1, 0.15) is 21.3 Å². The number of ether oxygens (including phenoxy) is 2. The topological polar surface area (TPSA) is 120 Å². The number of rotatable bonds is 10. The van der Waals surface area contributed by atoms with Gasteiger partial charge >= 0.3 is 11.9 Å². The lowest BCUT2D eigenvalue weighted by atomic mass is 10.0. The van der Waals surface area contributed by atoms with Crippen LogP contribution in [0.15, 0.2) is 65.8 Å². The van der Waals surface area contributed by atoms with Crippen LogP contribution >= 0.6 is 23.1 Å². The molecule has 0 saturated heterocycles. The minimum atomic E-state index is -0.624. The Bertz CT molecular complexity index is 1480. The highest BCUT2D eigenvalue weighted by Gasteiger charge is 2.27. The van der Waals surface area contributed by atoms with Crippen molar-refractivity contribution in [2.45, 2.75) is 25.9 Å². The van der Waals surface area contributed by atoms with Crippen LogP contribution in [0.2, 0.25) is 0 Å². The minimum Gasteiger partial charge on any atom is -0.462 e. The molecular formula is C28H26N4O5S2. The fourth-order valence-electron chi connectivity index (χ4n) is 3.69. The number of esters is 2. The van der Waals surface area contributed by atoms with Gasteiger partial charge in [0.25, 0.3) is 0 Å². The summed E-state index contributed by atoms with van der Waals surface area (Å²) in [6, 6.07) is 19.3. The van der Waals surface area contributed by atoms with Crippen LogP contribution in [-0.4, -0.2) is 52.0 Å². The van der Waals surface area contributed by atoms with Gasteiger partial charge < -0.3 is 14.8 Å². The van der Waals surface area contributed by atoms with Gasteiger partial charge in [-0.15, -0.1) is 21.5 Å². The van der Waals surface area contributed by atoms with Crippen molar-refractivity contribution >= 4 is 45.9 Å². The highest BCUT2D eigenvalue weighted by atomic mass is 32.2. The average molecular weight is 563 g/mol. The molecule has 9 nitrogen and oxygen atoms in total. The first-order chi connectivity index (χ1) is 18.9. The first-order valence-electron chi connectivity index (χ1n) is 12.2. The molecule has 2 aromatic carbocycles. The first-order valence-corrected chi connectivity index (χ1v) is 14.0. The second-order valence-corrected chi connectivity index (χ2v) is 10.0. The highest BCUT2D eigenvalue weighted by Crippen LogP contribution is 2.35. The van der Waals surface area contributed by atoms with Crippen LogP contribution in [0.25, 0.3) is 22.5 Å². The Kier molecular flexibility index (Phi) is 9.40. The summed E-state index contributed by atoms with van der Waals surface area (Å²) in [4.78, 5) is 42.8. The number of hydrogen-bond acceptors (Lipinski definition) is 10. The summed E-state index contributed by atoms with van der Waals surface area (Å²) in [5.41, 5.74) is 3.57. The zero-order valence-corrected chi connectivity index (χ0v) is 23.2. The van der Waals surface area contributed by atoms with Gasteiger partial charge in [0.2, 0.25) is 11.1 Å². The number of hydrogen-bond donors (Lipinski definition) is 1. The Balaban J connectivity index is 1.55. The van der Waals surface area contributed by atoms with Crippen molar-refractivity contribution in [3.63, 3.8) is 0 Å². The van der Waals surface area contributed by atoms with E-state index in [1.807, 2.05) is 60.7 Å². The van der Waals surface area contributed by atoms with Gasteiger partial charge in [-0.3, -0.25) is 4.79 Å². The molecule has 4 aromatic rings. The van der Waals surface area contributed by atoms with E-state index in [1.165, 1.54) is 0 Å². The van der Waals surface area contributed by atoms with E-state index in [2.05, 4.69) is 15.5 Å². The number of nitrogens with one attached hydrogen (secondary N) is 1. The number of benzene rings is 2. The highest BCUT2D eigenvalue weighted by molar-refractivity contribution is 7.99. The van der Waals surface area contributed by atoms with Crippen LogP contribution in [0.5, 0.6) is 0 Å². The lowest BCUT2D eigenvalue weighted by molar-refractivity contribution is -0.113. The molecule has 11 heteroatoms. The summed E-state index contributed by atoms with van der Waals surface area (Å²) in [6.07, 6.45) is 0. The zero-order chi connectivity index (χ0) is 27.8. The minimum absolute atomic E-state index is 0.0471. The molecule has 2 heterocycles. The number of carbonyl (C=O) groups is 3. The normalized spacial score (nSPS) is 10.6. The molecule has 1 N–H and O–H groups in total. The molecule has 200 valence electrons. The molecule has 0 bridgehead atoms. The molecule has 4 rings (SSSR count). The summed E-state index contributed by atoms with van der Waals surface area (Å²) >= 11 is 2.09. The van der Waals surface area contributed by atoms with Crippen LogP contribution < -0.4 is 5.32 Å². The maximum Gasteiger partial charge on any atom is 0.348 e. The van der Waals surface area contributed by atoms with E-state index in [-0.39, 0.29) is 34.4 Å². The van der Waals surface area contributed by atoms with Gasteiger partial charge in [0, 0.05) is 11.1 Å². The van der Waals surface area contributed by atoms with Crippen LogP contribution in [0.3, 0.4) is 0 Å². The van der Waals surface area contributed by atoms with Crippen LogP contribution in [0.4, 0.5) is 5.00 Å².